The molecule has 8 heteroatoms. The van der Waals surface area contributed by atoms with Gasteiger partial charge in [-0.1, -0.05) is 37.8 Å². The second-order valence-electron chi connectivity index (χ2n) is 6.72. The van der Waals surface area contributed by atoms with Gasteiger partial charge in [-0.05, 0) is 25.0 Å². The number of carboxylic acid groups (broad SMARTS) is 1. The predicted molar refractivity (Wildman–Crippen MR) is 95.0 cm³/mol. The largest absolute Gasteiger partial charge is 0.480 e. The Balaban J connectivity index is 1.88. The van der Waals surface area contributed by atoms with Crippen LogP contribution < -0.4 is 16.6 Å². The second kappa shape index (κ2) is 7.15. The van der Waals surface area contributed by atoms with Crippen molar-refractivity contribution in [2.24, 2.45) is 0 Å². The van der Waals surface area contributed by atoms with Gasteiger partial charge in [-0.15, -0.1) is 0 Å². The third-order valence-electron chi connectivity index (χ3n) is 4.94. The van der Waals surface area contributed by atoms with Crippen molar-refractivity contribution in [1.29, 1.82) is 0 Å². The first-order chi connectivity index (χ1) is 12.4. The number of hydrogen-bond acceptors (Lipinski definition) is 4. The van der Waals surface area contributed by atoms with Gasteiger partial charge in [0.05, 0.1) is 10.9 Å². The number of aliphatic carboxylic acids is 1. The Bertz CT molecular complexity index is 951. The van der Waals surface area contributed by atoms with Gasteiger partial charge in [0, 0.05) is 0 Å². The minimum atomic E-state index is -1.33. The molecule has 1 aromatic carbocycles. The molecule has 1 fully saturated rings. The number of rotatable bonds is 4. The third kappa shape index (κ3) is 3.40. The summed E-state index contributed by atoms with van der Waals surface area (Å²) in [4.78, 5) is 51.4. The smallest absolute Gasteiger partial charge is 0.329 e. The van der Waals surface area contributed by atoms with E-state index in [2.05, 4.69) is 10.3 Å². The molecule has 1 saturated carbocycles. The van der Waals surface area contributed by atoms with Crippen molar-refractivity contribution in [3.63, 3.8) is 0 Å². The van der Waals surface area contributed by atoms with Gasteiger partial charge in [-0.25, -0.2) is 9.59 Å². The molecule has 0 aliphatic heterocycles. The highest BCUT2D eigenvalue weighted by Gasteiger charge is 2.40. The highest BCUT2D eigenvalue weighted by molar-refractivity contribution is 5.87. The zero-order chi connectivity index (χ0) is 18.7. The molecular formula is C18H21N3O5. The van der Waals surface area contributed by atoms with Crippen LogP contribution in [0.3, 0.4) is 0 Å². The molecule has 1 heterocycles. The topological polar surface area (TPSA) is 121 Å². The van der Waals surface area contributed by atoms with Crippen LogP contribution in [-0.2, 0) is 16.1 Å². The summed E-state index contributed by atoms with van der Waals surface area (Å²) in [6.45, 7) is -0.520. The van der Waals surface area contributed by atoms with Crippen LogP contribution in [0.5, 0.6) is 0 Å². The molecule has 2 aromatic rings. The zero-order valence-corrected chi connectivity index (χ0v) is 14.3. The van der Waals surface area contributed by atoms with Crippen LogP contribution in [0.2, 0.25) is 0 Å². The van der Waals surface area contributed by atoms with E-state index in [1.54, 1.807) is 24.3 Å². The van der Waals surface area contributed by atoms with Gasteiger partial charge >= 0.3 is 11.7 Å². The van der Waals surface area contributed by atoms with Crippen molar-refractivity contribution in [2.45, 2.75) is 50.6 Å². The lowest BCUT2D eigenvalue weighted by atomic mass is 9.90. The summed E-state index contributed by atoms with van der Waals surface area (Å²) >= 11 is 0. The maximum absolute atomic E-state index is 12.5. The van der Waals surface area contributed by atoms with Crippen LogP contribution in [0, 0.1) is 0 Å². The highest BCUT2D eigenvalue weighted by atomic mass is 16.4. The Kier molecular flexibility index (Phi) is 4.92. The first kappa shape index (κ1) is 17.9. The van der Waals surface area contributed by atoms with E-state index in [4.69, 9.17) is 0 Å². The Hall–Kier alpha value is -2.90. The van der Waals surface area contributed by atoms with Gasteiger partial charge < -0.3 is 15.4 Å². The van der Waals surface area contributed by atoms with Crippen LogP contribution in [0.15, 0.2) is 33.9 Å². The molecule has 0 bridgehead atoms. The number of aromatic amines is 1. The number of hydrogen-bond donors (Lipinski definition) is 3. The summed E-state index contributed by atoms with van der Waals surface area (Å²) in [5, 5.41) is 12.5. The summed E-state index contributed by atoms with van der Waals surface area (Å²) < 4.78 is 0.796. The standard InChI is InChI=1S/C18H21N3O5/c22-14(20-18(16(24)25)9-5-1-2-6-10-18)11-21-15(23)12-7-3-4-8-13(12)19-17(21)26/h3-4,7-8H,1-2,5-6,9-11H2,(H,19,26)(H,20,22)(H,24,25). The minimum absolute atomic E-state index is 0.294. The van der Waals surface area contributed by atoms with Crippen LogP contribution in [0.25, 0.3) is 10.9 Å². The quantitative estimate of drug-likeness (QED) is 0.703. The number of carboxylic acids is 1. The normalized spacial score (nSPS) is 16.8. The van der Waals surface area contributed by atoms with Crippen molar-refractivity contribution in [3.05, 3.63) is 45.1 Å². The molecule has 1 aliphatic rings. The number of nitrogens with one attached hydrogen (secondary N) is 2. The lowest BCUT2D eigenvalue weighted by Crippen LogP contribution is -2.56. The summed E-state index contributed by atoms with van der Waals surface area (Å²) in [6, 6.07) is 6.52. The molecule has 26 heavy (non-hydrogen) atoms. The zero-order valence-electron chi connectivity index (χ0n) is 14.3. The lowest BCUT2D eigenvalue weighted by molar-refractivity contribution is -0.148. The monoisotopic (exact) mass is 359 g/mol. The van der Waals surface area contributed by atoms with Crippen molar-refractivity contribution >= 4 is 22.8 Å². The Morgan fingerprint density at radius 1 is 1.12 bits per heavy atom. The van der Waals surface area contributed by atoms with E-state index in [9.17, 15) is 24.3 Å². The molecule has 3 N–H and O–H groups in total. The second-order valence-corrected chi connectivity index (χ2v) is 6.72. The lowest BCUT2D eigenvalue weighted by Gasteiger charge is -2.29. The summed E-state index contributed by atoms with van der Waals surface area (Å²) in [7, 11) is 0. The summed E-state index contributed by atoms with van der Waals surface area (Å²) in [5.41, 5.74) is -2.22. The Morgan fingerprint density at radius 3 is 2.42 bits per heavy atom. The van der Waals surface area contributed by atoms with Crippen molar-refractivity contribution in [1.82, 2.24) is 14.9 Å². The number of benzene rings is 1. The predicted octanol–water partition coefficient (Wildman–Crippen LogP) is 0.984. The molecule has 0 unspecified atom stereocenters. The Labute approximate surface area is 148 Å². The molecule has 3 rings (SSSR count). The fourth-order valence-electron chi connectivity index (χ4n) is 3.52. The molecule has 1 amide bonds. The van der Waals surface area contributed by atoms with Crippen molar-refractivity contribution < 1.29 is 14.7 Å². The number of carbonyl (C=O) groups is 2. The number of para-hydroxylation sites is 1. The van der Waals surface area contributed by atoms with Gasteiger partial charge in [0.25, 0.3) is 5.56 Å². The van der Waals surface area contributed by atoms with Crippen molar-refractivity contribution in [3.8, 4) is 0 Å². The van der Waals surface area contributed by atoms with Crippen LogP contribution in [0.4, 0.5) is 0 Å². The SMILES string of the molecule is O=C(Cn1c(=O)[nH]c2ccccc2c1=O)NC1(C(=O)O)CCCCCC1. The van der Waals surface area contributed by atoms with Gasteiger partial charge in [-0.2, -0.15) is 0 Å². The first-order valence-electron chi connectivity index (χ1n) is 8.69. The van der Waals surface area contributed by atoms with E-state index in [1.165, 1.54) is 0 Å². The van der Waals surface area contributed by atoms with E-state index in [0.29, 0.717) is 36.6 Å². The van der Waals surface area contributed by atoms with Gasteiger partial charge in [0.15, 0.2) is 0 Å². The molecular weight excluding hydrogens is 338 g/mol. The number of nitrogens with zero attached hydrogens (tertiary/aromatic N) is 1. The number of H-pyrrole nitrogens is 1. The average Bonchev–Trinajstić information content (AvgIpc) is 2.85. The fourth-order valence-corrected chi connectivity index (χ4v) is 3.52. The summed E-state index contributed by atoms with van der Waals surface area (Å²) in [6.07, 6.45) is 3.96. The fraction of sp³-hybridized carbons (Fsp3) is 0.444. The summed E-state index contributed by atoms with van der Waals surface area (Å²) in [5.74, 6) is -1.73. The third-order valence-corrected chi connectivity index (χ3v) is 4.94. The maximum atomic E-state index is 12.5. The minimum Gasteiger partial charge on any atom is -0.480 e. The van der Waals surface area contributed by atoms with Gasteiger partial charge in [-0.3, -0.25) is 14.2 Å². The van der Waals surface area contributed by atoms with E-state index >= 15 is 0 Å². The molecule has 1 aromatic heterocycles. The van der Waals surface area contributed by atoms with Crippen LogP contribution in [-0.4, -0.2) is 32.1 Å². The maximum Gasteiger partial charge on any atom is 0.329 e. The number of carbonyl (C=O) groups excluding carboxylic acids is 1. The van der Waals surface area contributed by atoms with Crippen molar-refractivity contribution in [2.75, 3.05) is 0 Å². The Morgan fingerprint density at radius 2 is 1.77 bits per heavy atom. The van der Waals surface area contributed by atoms with Crippen LogP contribution in [0.1, 0.15) is 38.5 Å². The van der Waals surface area contributed by atoms with Crippen LogP contribution >= 0.6 is 0 Å². The molecule has 0 spiro atoms. The highest BCUT2D eigenvalue weighted by Crippen LogP contribution is 2.27. The number of amides is 1. The molecule has 138 valence electrons. The molecule has 0 saturated heterocycles. The number of fused-ring (bicyclic) bond motifs is 1. The first-order valence-corrected chi connectivity index (χ1v) is 8.69. The van der Waals surface area contributed by atoms with E-state index in [-0.39, 0.29) is 0 Å². The number of aromatic nitrogens is 2. The molecule has 0 radical (unpaired) electrons. The van der Waals surface area contributed by atoms with E-state index < -0.39 is 35.2 Å². The van der Waals surface area contributed by atoms with E-state index in [0.717, 1.165) is 17.4 Å². The molecule has 1 aliphatic carbocycles. The molecule has 0 atom stereocenters. The molecule has 8 nitrogen and oxygen atoms in total. The van der Waals surface area contributed by atoms with E-state index in [1.807, 2.05) is 0 Å². The van der Waals surface area contributed by atoms with Gasteiger partial charge in [0.2, 0.25) is 5.91 Å². The van der Waals surface area contributed by atoms with Gasteiger partial charge in [0.1, 0.15) is 12.1 Å². The average molecular weight is 359 g/mol.